The number of pyridine rings is 1. The molecule has 0 aliphatic heterocycles. The van der Waals surface area contributed by atoms with E-state index in [4.69, 9.17) is 0 Å². The van der Waals surface area contributed by atoms with Gasteiger partial charge in [-0.2, -0.15) is 0 Å². The lowest BCUT2D eigenvalue weighted by molar-refractivity contribution is 0.177. The Balaban J connectivity index is 2.05. The lowest BCUT2D eigenvalue weighted by Crippen LogP contribution is -2.03. The Kier molecular flexibility index (Phi) is 4.05. The molecule has 3 heteroatoms. The summed E-state index contributed by atoms with van der Waals surface area (Å²) < 4.78 is 12.8. The molecule has 0 fully saturated rings. The van der Waals surface area contributed by atoms with Crippen LogP contribution >= 0.6 is 0 Å². The molecule has 0 bridgehead atoms. The molecule has 2 aromatic rings. The van der Waals surface area contributed by atoms with Crippen molar-refractivity contribution in [3.63, 3.8) is 0 Å². The molecule has 2 nitrogen and oxygen atoms in total. The number of aliphatic hydroxyl groups excluding tert-OH is 1. The van der Waals surface area contributed by atoms with E-state index in [0.717, 1.165) is 12.1 Å². The molecule has 0 spiro atoms. The van der Waals surface area contributed by atoms with E-state index < -0.39 is 6.10 Å². The van der Waals surface area contributed by atoms with Gasteiger partial charge in [-0.3, -0.25) is 4.98 Å². The van der Waals surface area contributed by atoms with Crippen LogP contribution < -0.4 is 0 Å². The van der Waals surface area contributed by atoms with Crippen molar-refractivity contribution in [1.82, 2.24) is 4.98 Å². The number of halogens is 1. The number of rotatable bonds is 4. The zero-order valence-electron chi connectivity index (χ0n) is 10.3. The minimum atomic E-state index is -0.648. The van der Waals surface area contributed by atoms with Crippen molar-refractivity contribution in [1.29, 1.82) is 0 Å². The zero-order chi connectivity index (χ0) is 13.0. The molecule has 1 aromatic carbocycles. The van der Waals surface area contributed by atoms with Crippen LogP contribution in [-0.4, -0.2) is 10.1 Å². The first-order valence-corrected chi connectivity index (χ1v) is 6.06. The summed E-state index contributed by atoms with van der Waals surface area (Å²) >= 11 is 0. The number of aromatic nitrogens is 1. The fraction of sp³-hybridized carbons (Fsp3) is 0.267. The number of hydrogen-bond donors (Lipinski definition) is 1. The van der Waals surface area contributed by atoms with Gasteiger partial charge in [0.2, 0.25) is 0 Å². The third kappa shape index (κ3) is 3.14. The Labute approximate surface area is 106 Å². The monoisotopic (exact) mass is 245 g/mol. The van der Waals surface area contributed by atoms with Crippen molar-refractivity contribution in [3.05, 3.63) is 65.2 Å². The van der Waals surface area contributed by atoms with Crippen LogP contribution in [0.4, 0.5) is 4.39 Å². The van der Waals surface area contributed by atoms with Gasteiger partial charge in [0.25, 0.3) is 0 Å². The lowest BCUT2D eigenvalue weighted by atomic mass is 10.0. The normalized spacial score (nSPS) is 12.4. The van der Waals surface area contributed by atoms with E-state index in [1.165, 1.54) is 17.7 Å². The first kappa shape index (κ1) is 12.7. The van der Waals surface area contributed by atoms with Crippen LogP contribution in [0.1, 0.15) is 29.8 Å². The molecular weight excluding hydrogens is 229 g/mol. The number of benzene rings is 1. The van der Waals surface area contributed by atoms with Crippen LogP contribution in [0.2, 0.25) is 0 Å². The van der Waals surface area contributed by atoms with Crippen molar-refractivity contribution in [2.75, 3.05) is 0 Å². The molecule has 0 amide bonds. The first-order chi connectivity index (χ1) is 8.69. The highest BCUT2D eigenvalue weighted by atomic mass is 19.1. The summed E-state index contributed by atoms with van der Waals surface area (Å²) in [6.07, 6.45) is 2.57. The quantitative estimate of drug-likeness (QED) is 0.898. The average molecular weight is 245 g/mol. The number of hydrogen-bond acceptors (Lipinski definition) is 2. The highest BCUT2D eigenvalue weighted by Gasteiger charge is 2.09. The number of aliphatic hydroxyl groups is 1. The SMILES string of the molecule is CCc1ccc(CC(O)c2ccc(F)cc2)nc1. The van der Waals surface area contributed by atoms with Gasteiger partial charge in [-0.1, -0.05) is 25.1 Å². The minimum Gasteiger partial charge on any atom is -0.388 e. The number of aryl methyl sites for hydroxylation is 1. The lowest BCUT2D eigenvalue weighted by Gasteiger charge is -2.10. The summed E-state index contributed by atoms with van der Waals surface area (Å²) in [7, 11) is 0. The van der Waals surface area contributed by atoms with Crippen LogP contribution in [0.25, 0.3) is 0 Å². The average Bonchev–Trinajstić information content (AvgIpc) is 2.40. The molecule has 2 rings (SSSR count). The van der Waals surface area contributed by atoms with Crippen molar-refractivity contribution in [3.8, 4) is 0 Å². The summed E-state index contributed by atoms with van der Waals surface area (Å²) in [5, 5.41) is 10.0. The Morgan fingerprint density at radius 2 is 1.89 bits per heavy atom. The Morgan fingerprint density at radius 3 is 2.44 bits per heavy atom. The van der Waals surface area contributed by atoms with Gasteiger partial charge in [0.15, 0.2) is 0 Å². The maximum absolute atomic E-state index is 12.8. The molecule has 1 heterocycles. The first-order valence-electron chi connectivity index (χ1n) is 6.06. The third-order valence-corrected chi connectivity index (χ3v) is 2.95. The standard InChI is InChI=1S/C15H16FNO/c1-2-11-3-8-14(17-10-11)9-15(18)12-4-6-13(16)7-5-12/h3-8,10,15,18H,2,9H2,1H3. The fourth-order valence-corrected chi connectivity index (χ4v) is 1.79. The molecule has 1 aromatic heterocycles. The van der Waals surface area contributed by atoms with Crippen molar-refractivity contribution >= 4 is 0 Å². The molecule has 18 heavy (non-hydrogen) atoms. The van der Waals surface area contributed by atoms with E-state index in [2.05, 4.69) is 11.9 Å². The smallest absolute Gasteiger partial charge is 0.123 e. The van der Waals surface area contributed by atoms with Gasteiger partial charge in [-0.05, 0) is 35.7 Å². The van der Waals surface area contributed by atoms with Gasteiger partial charge in [0.05, 0.1) is 6.10 Å². The molecule has 0 aliphatic carbocycles. The second-order valence-electron chi connectivity index (χ2n) is 4.28. The van der Waals surface area contributed by atoms with Crippen LogP contribution in [0.5, 0.6) is 0 Å². The molecule has 1 N–H and O–H groups in total. The molecule has 0 saturated carbocycles. The van der Waals surface area contributed by atoms with Crippen LogP contribution in [0.15, 0.2) is 42.6 Å². The summed E-state index contributed by atoms with van der Waals surface area (Å²) in [5.74, 6) is -0.295. The van der Waals surface area contributed by atoms with E-state index in [-0.39, 0.29) is 5.82 Å². The largest absolute Gasteiger partial charge is 0.388 e. The summed E-state index contributed by atoms with van der Waals surface area (Å²) in [4.78, 5) is 4.30. The van der Waals surface area contributed by atoms with Gasteiger partial charge in [0, 0.05) is 18.3 Å². The highest BCUT2D eigenvalue weighted by molar-refractivity contribution is 5.21. The topological polar surface area (TPSA) is 33.1 Å². The van der Waals surface area contributed by atoms with Crippen molar-refractivity contribution < 1.29 is 9.50 Å². The Hall–Kier alpha value is -1.74. The summed E-state index contributed by atoms with van der Waals surface area (Å²) in [5.41, 5.74) is 2.72. The Bertz CT molecular complexity index is 493. The molecular formula is C15H16FNO. The third-order valence-electron chi connectivity index (χ3n) is 2.95. The molecule has 1 unspecified atom stereocenters. The van der Waals surface area contributed by atoms with Gasteiger partial charge in [0.1, 0.15) is 5.82 Å². The van der Waals surface area contributed by atoms with E-state index in [0.29, 0.717) is 12.0 Å². The van der Waals surface area contributed by atoms with E-state index >= 15 is 0 Å². The van der Waals surface area contributed by atoms with E-state index in [1.54, 1.807) is 12.1 Å². The predicted molar refractivity (Wildman–Crippen MR) is 68.7 cm³/mol. The van der Waals surface area contributed by atoms with Gasteiger partial charge in [-0.15, -0.1) is 0 Å². The van der Waals surface area contributed by atoms with Crippen LogP contribution in [0.3, 0.4) is 0 Å². The maximum atomic E-state index is 12.8. The molecule has 94 valence electrons. The minimum absolute atomic E-state index is 0.295. The van der Waals surface area contributed by atoms with Crippen LogP contribution in [-0.2, 0) is 12.8 Å². The fourth-order valence-electron chi connectivity index (χ4n) is 1.79. The highest BCUT2D eigenvalue weighted by Crippen LogP contribution is 2.17. The molecule has 1 atom stereocenters. The van der Waals surface area contributed by atoms with Gasteiger partial charge >= 0.3 is 0 Å². The van der Waals surface area contributed by atoms with Crippen LogP contribution in [0, 0.1) is 5.82 Å². The van der Waals surface area contributed by atoms with Crippen molar-refractivity contribution in [2.45, 2.75) is 25.9 Å². The molecule has 0 radical (unpaired) electrons. The Morgan fingerprint density at radius 1 is 1.17 bits per heavy atom. The summed E-state index contributed by atoms with van der Waals surface area (Å²) in [6.45, 7) is 2.07. The predicted octanol–water partition coefficient (Wildman–Crippen LogP) is 3.06. The second-order valence-corrected chi connectivity index (χ2v) is 4.28. The maximum Gasteiger partial charge on any atom is 0.123 e. The van der Waals surface area contributed by atoms with Gasteiger partial charge < -0.3 is 5.11 Å². The second kappa shape index (κ2) is 5.74. The molecule has 0 aliphatic rings. The zero-order valence-corrected chi connectivity index (χ0v) is 10.3. The molecule has 0 saturated heterocycles. The van der Waals surface area contributed by atoms with E-state index in [1.807, 2.05) is 18.3 Å². The number of nitrogens with zero attached hydrogens (tertiary/aromatic N) is 1. The summed E-state index contributed by atoms with van der Waals surface area (Å²) in [6, 6.07) is 9.84. The van der Waals surface area contributed by atoms with Gasteiger partial charge in [-0.25, -0.2) is 4.39 Å². The van der Waals surface area contributed by atoms with Crippen molar-refractivity contribution in [2.24, 2.45) is 0 Å². The van der Waals surface area contributed by atoms with E-state index in [9.17, 15) is 9.50 Å².